The Bertz CT molecular complexity index is 657. The number of aromatic nitrogens is 2. The lowest BCUT2D eigenvalue weighted by Gasteiger charge is -2.32. The molecule has 2 rings (SSSR count). The Balaban J connectivity index is 2.16. The highest BCUT2D eigenvalue weighted by Crippen LogP contribution is 2.21. The lowest BCUT2D eigenvalue weighted by molar-refractivity contribution is 0.274. The number of nitrogens with zero attached hydrogens (tertiary/aromatic N) is 3. The van der Waals surface area contributed by atoms with Gasteiger partial charge in [-0.2, -0.15) is 13.7 Å². The standard InChI is InChI=1S/C8H15N5O4S2/c1-18(14,15)12-2-4-13(5-3-12)19(16,17)7-6-10-11-8(7)9/h6H,2-5H2,1H3,(H3,9,10,11). The lowest BCUT2D eigenvalue weighted by atomic mass is 10.4. The summed E-state index contributed by atoms with van der Waals surface area (Å²) in [4.78, 5) is -0.0831. The van der Waals surface area contributed by atoms with Gasteiger partial charge in [0.1, 0.15) is 10.7 Å². The number of piperazine rings is 1. The molecule has 0 aliphatic carbocycles. The number of hydrogen-bond acceptors (Lipinski definition) is 6. The van der Waals surface area contributed by atoms with Gasteiger partial charge in [0, 0.05) is 26.2 Å². The van der Waals surface area contributed by atoms with Crippen LogP contribution in [0.2, 0.25) is 0 Å². The summed E-state index contributed by atoms with van der Waals surface area (Å²) in [6.07, 6.45) is 2.25. The van der Waals surface area contributed by atoms with E-state index in [-0.39, 0.29) is 36.9 Å². The lowest BCUT2D eigenvalue weighted by Crippen LogP contribution is -2.50. The second-order valence-corrected chi connectivity index (χ2v) is 8.10. The predicted molar refractivity (Wildman–Crippen MR) is 68.2 cm³/mol. The van der Waals surface area contributed by atoms with Crippen molar-refractivity contribution < 1.29 is 16.8 Å². The second kappa shape index (κ2) is 4.74. The number of nitrogens with two attached hydrogens (primary N) is 1. The molecule has 0 atom stereocenters. The predicted octanol–water partition coefficient (Wildman–Crippen LogP) is -1.74. The summed E-state index contributed by atoms with van der Waals surface area (Å²) in [7, 11) is -7.01. The van der Waals surface area contributed by atoms with Crippen LogP contribution in [0.15, 0.2) is 11.1 Å². The summed E-state index contributed by atoms with van der Waals surface area (Å²) >= 11 is 0. The molecule has 0 spiro atoms. The maximum absolute atomic E-state index is 12.2. The summed E-state index contributed by atoms with van der Waals surface area (Å²) in [5, 5.41) is 5.94. The van der Waals surface area contributed by atoms with Crippen molar-refractivity contribution in [3.63, 3.8) is 0 Å². The van der Waals surface area contributed by atoms with E-state index in [2.05, 4.69) is 10.2 Å². The molecule has 9 nitrogen and oxygen atoms in total. The molecule has 0 unspecified atom stereocenters. The van der Waals surface area contributed by atoms with Gasteiger partial charge in [0.15, 0.2) is 0 Å². The van der Waals surface area contributed by atoms with Crippen LogP contribution in [0, 0.1) is 0 Å². The van der Waals surface area contributed by atoms with E-state index in [1.54, 1.807) is 0 Å². The molecule has 1 saturated heterocycles. The first-order chi connectivity index (χ1) is 8.73. The summed E-state index contributed by atoms with van der Waals surface area (Å²) in [5.41, 5.74) is 5.50. The molecule has 1 aromatic rings. The Morgan fingerprint density at radius 1 is 1.16 bits per heavy atom. The van der Waals surface area contributed by atoms with Gasteiger partial charge in [-0.05, 0) is 0 Å². The van der Waals surface area contributed by atoms with Crippen LogP contribution in [0.5, 0.6) is 0 Å². The molecule has 3 N–H and O–H groups in total. The summed E-state index contributed by atoms with van der Waals surface area (Å²) in [6.45, 7) is 0.464. The van der Waals surface area contributed by atoms with E-state index < -0.39 is 20.0 Å². The normalized spacial score (nSPS) is 19.6. The minimum Gasteiger partial charge on any atom is -0.383 e. The smallest absolute Gasteiger partial charge is 0.248 e. The molecule has 108 valence electrons. The highest BCUT2D eigenvalue weighted by atomic mass is 32.2. The third-order valence-electron chi connectivity index (χ3n) is 2.92. The molecule has 19 heavy (non-hydrogen) atoms. The van der Waals surface area contributed by atoms with E-state index in [0.717, 1.165) is 12.5 Å². The van der Waals surface area contributed by atoms with Gasteiger partial charge in [0.05, 0.1) is 12.5 Å². The van der Waals surface area contributed by atoms with Crippen LogP contribution in [0.4, 0.5) is 5.82 Å². The van der Waals surface area contributed by atoms with Crippen molar-refractivity contribution in [3.05, 3.63) is 6.20 Å². The highest BCUT2D eigenvalue weighted by Gasteiger charge is 2.33. The minimum absolute atomic E-state index is 0.0226. The van der Waals surface area contributed by atoms with Gasteiger partial charge in [-0.25, -0.2) is 16.8 Å². The Morgan fingerprint density at radius 3 is 2.11 bits per heavy atom. The summed E-state index contributed by atoms with van der Waals surface area (Å²) in [5.74, 6) is -0.0226. The molecule has 0 amide bonds. The Morgan fingerprint density at radius 2 is 1.68 bits per heavy atom. The van der Waals surface area contributed by atoms with Crippen molar-refractivity contribution in [1.82, 2.24) is 18.8 Å². The van der Waals surface area contributed by atoms with E-state index >= 15 is 0 Å². The van der Waals surface area contributed by atoms with Gasteiger partial charge < -0.3 is 5.73 Å². The second-order valence-electron chi connectivity index (χ2n) is 4.21. The van der Waals surface area contributed by atoms with Crippen molar-refractivity contribution in [2.24, 2.45) is 0 Å². The Hall–Kier alpha value is -1.17. The van der Waals surface area contributed by atoms with E-state index in [4.69, 9.17) is 5.73 Å². The number of sulfonamides is 2. The number of aromatic amines is 1. The van der Waals surface area contributed by atoms with Crippen molar-refractivity contribution >= 4 is 25.9 Å². The number of rotatable bonds is 3. The highest BCUT2D eigenvalue weighted by molar-refractivity contribution is 7.89. The van der Waals surface area contributed by atoms with Crippen LogP contribution in [0.3, 0.4) is 0 Å². The molecular formula is C8H15N5O4S2. The third-order valence-corrected chi connectivity index (χ3v) is 6.15. The first kappa shape index (κ1) is 14.2. The number of anilines is 1. The molecule has 1 aromatic heterocycles. The number of H-pyrrole nitrogens is 1. The third kappa shape index (κ3) is 2.73. The summed E-state index contributed by atoms with van der Waals surface area (Å²) < 4.78 is 49.6. The zero-order valence-electron chi connectivity index (χ0n) is 10.3. The van der Waals surface area contributed by atoms with E-state index in [1.165, 1.54) is 8.61 Å². The Kier molecular flexibility index (Phi) is 3.55. The van der Waals surface area contributed by atoms with E-state index in [0.29, 0.717) is 0 Å². The average molecular weight is 309 g/mol. The maximum atomic E-state index is 12.2. The van der Waals surface area contributed by atoms with Crippen LogP contribution in [-0.2, 0) is 20.0 Å². The molecule has 0 saturated carbocycles. The molecule has 0 aromatic carbocycles. The minimum atomic E-state index is -3.73. The zero-order chi connectivity index (χ0) is 14.3. The largest absolute Gasteiger partial charge is 0.383 e. The van der Waals surface area contributed by atoms with Crippen molar-refractivity contribution in [3.8, 4) is 0 Å². The first-order valence-corrected chi connectivity index (χ1v) is 8.76. The number of nitrogens with one attached hydrogen (secondary N) is 1. The van der Waals surface area contributed by atoms with Crippen molar-refractivity contribution in [1.29, 1.82) is 0 Å². The van der Waals surface area contributed by atoms with Crippen LogP contribution in [0.25, 0.3) is 0 Å². The van der Waals surface area contributed by atoms with Gasteiger partial charge in [-0.15, -0.1) is 0 Å². The van der Waals surface area contributed by atoms with Crippen LogP contribution >= 0.6 is 0 Å². The fraction of sp³-hybridized carbons (Fsp3) is 0.625. The van der Waals surface area contributed by atoms with Crippen molar-refractivity contribution in [2.75, 3.05) is 38.2 Å². The molecule has 11 heteroatoms. The summed E-state index contributed by atoms with van der Waals surface area (Å²) in [6, 6.07) is 0. The topological polar surface area (TPSA) is 129 Å². The van der Waals surface area contributed by atoms with Gasteiger partial charge >= 0.3 is 0 Å². The molecule has 2 heterocycles. The fourth-order valence-corrected chi connectivity index (χ4v) is 4.13. The molecule has 0 bridgehead atoms. The van der Waals surface area contributed by atoms with Crippen molar-refractivity contribution in [2.45, 2.75) is 4.90 Å². The fourth-order valence-electron chi connectivity index (χ4n) is 1.87. The zero-order valence-corrected chi connectivity index (χ0v) is 11.9. The van der Waals surface area contributed by atoms with Crippen LogP contribution in [-0.4, -0.2) is 68.1 Å². The quantitative estimate of drug-likeness (QED) is 0.681. The van der Waals surface area contributed by atoms with Gasteiger partial charge in [-0.3, -0.25) is 5.10 Å². The van der Waals surface area contributed by atoms with E-state index in [1.807, 2.05) is 0 Å². The Labute approximate surface area is 111 Å². The van der Waals surface area contributed by atoms with Crippen LogP contribution < -0.4 is 5.73 Å². The average Bonchev–Trinajstić information content (AvgIpc) is 2.75. The molecular weight excluding hydrogens is 294 g/mol. The molecule has 0 radical (unpaired) electrons. The van der Waals surface area contributed by atoms with Gasteiger partial charge in [0.2, 0.25) is 20.0 Å². The maximum Gasteiger partial charge on any atom is 0.248 e. The van der Waals surface area contributed by atoms with Gasteiger partial charge in [0.25, 0.3) is 0 Å². The number of hydrogen-bond donors (Lipinski definition) is 2. The van der Waals surface area contributed by atoms with Gasteiger partial charge in [-0.1, -0.05) is 0 Å². The first-order valence-electron chi connectivity index (χ1n) is 5.47. The SMILES string of the molecule is CS(=O)(=O)N1CCN(S(=O)(=O)c2cn[nH]c2N)CC1. The van der Waals surface area contributed by atoms with Crippen LogP contribution in [0.1, 0.15) is 0 Å². The molecule has 1 fully saturated rings. The molecule has 1 aliphatic rings. The molecule has 1 aliphatic heterocycles. The van der Waals surface area contributed by atoms with E-state index in [9.17, 15) is 16.8 Å². The number of nitrogen functional groups attached to an aromatic ring is 1. The monoisotopic (exact) mass is 309 g/mol.